The molecule has 0 aliphatic heterocycles. The van der Waals surface area contributed by atoms with Gasteiger partial charge in [-0.3, -0.25) is 4.79 Å². The highest BCUT2D eigenvalue weighted by Gasteiger charge is 2.08. The molecule has 0 saturated carbocycles. The maximum Gasteiger partial charge on any atom is 0.322 e. The van der Waals surface area contributed by atoms with Gasteiger partial charge in [0.15, 0.2) is 0 Å². The minimum Gasteiger partial charge on any atom is -0.463 e. The lowest BCUT2D eigenvalue weighted by atomic mass is 10.4. The van der Waals surface area contributed by atoms with E-state index in [-0.39, 0.29) is 5.97 Å². The standard InChI is InChI=1S/C9H20N2O2/c1-4-11(5-2)6-7-13-9(12)8(3)10/h8H,4-7,10H2,1-3H3/t8-/m0/s1. The molecule has 0 amide bonds. The van der Waals surface area contributed by atoms with Crippen LogP contribution in [0.4, 0.5) is 0 Å². The van der Waals surface area contributed by atoms with Crippen LogP contribution in [0.15, 0.2) is 0 Å². The Morgan fingerprint density at radius 3 is 2.38 bits per heavy atom. The van der Waals surface area contributed by atoms with E-state index in [0.29, 0.717) is 6.61 Å². The van der Waals surface area contributed by atoms with E-state index in [2.05, 4.69) is 18.7 Å². The fourth-order valence-electron chi connectivity index (χ4n) is 0.947. The van der Waals surface area contributed by atoms with E-state index in [4.69, 9.17) is 10.5 Å². The van der Waals surface area contributed by atoms with Gasteiger partial charge in [-0.25, -0.2) is 0 Å². The van der Waals surface area contributed by atoms with Gasteiger partial charge in [0.05, 0.1) is 0 Å². The molecule has 0 fully saturated rings. The van der Waals surface area contributed by atoms with Gasteiger partial charge in [-0.2, -0.15) is 0 Å². The number of carbonyl (C=O) groups excluding carboxylic acids is 1. The largest absolute Gasteiger partial charge is 0.463 e. The molecule has 0 rings (SSSR count). The molecule has 13 heavy (non-hydrogen) atoms. The van der Waals surface area contributed by atoms with Crippen LogP contribution in [0.25, 0.3) is 0 Å². The van der Waals surface area contributed by atoms with Gasteiger partial charge >= 0.3 is 5.97 Å². The van der Waals surface area contributed by atoms with E-state index in [1.54, 1.807) is 6.92 Å². The summed E-state index contributed by atoms with van der Waals surface area (Å²) in [7, 11) is 0. The highest BCUT2D eigenvalue weighted by Crippen LogP contribution is 1.89. The predicted octanol–water partition coefficient (Wildman–Crippen LogP) is 0.219. The molecule has 0 aliphatic rings. The van der Waals surface area contributed by atoms with Gasteiger partial charge in [0.1, 0.15) is 12.6 Å². The van der Waals surface area contributed by atoms with Crippen molar-refractivity contribution in [3.63, 3.8) is 0 Å². The van der Waals surface area contributed by atoms with Crippen molar-refractivity contribution in [1.29, 1.82) is 0 Å². The minimum absolute atomic E-state index is 0.327. The first-order chi connectivity index (χ1) is 6.11. The van der Waals surface area contributed by atoms with Crippen LogP contribution in [0.3, 0.4) is 0 Å². The van der Waals surface area contributed by atoms with Crippen LogP contribution < -0.4 is 5.73 Å². The number of likely N-dealkylation sites (N-methyl/N-ethyl adjacent to an activating group) is 1. The fraction of sp³-hybridized carbons (Fsp3) is 0.889. The van der Waals surface area contributed by atoms with Gasteiger partial charge in [-0.05, 0) is 20.0 Å². The van der Waals surface area contributed by atoms with Crippen LogP contribution in [-0.2, 0) is 9.53 Å². The quantitative estimate of drug-likeness (QED) is 0.606. The molecule has 0 heterocycles. The molecule has 0 aromatic carbocycles. The molecule has 0 spiro atoms. The molecule has 0 aromatic heterocycles. The first-order valence-electron chi connectivity index (χ1n) is 4.76. The maximum atomic E-state index is 10.9. The van der Waals surface area contributed by atoms with Crippen molar-refractivity contribution in [2.75, 3.05) is 26.2 Å². The van der Waals surface area contributed by atoms with E-state index in [0.717, 1.165) is 19.6 Å². The van der Waals surface area contributed by atoms with Crippen LogP contribution in [0, 0.1) is 0 Å². The van der Waals surface area contributed by atoms with Gasteiger partial charge in [-0.1, -0.05) is 13.8 Å². The zero-order chi connectivity index (χ0) is 10.3. The summed E-state index contributed by atoms with van der Waals surface area (Å²) in [6.45, 7) is 8.96. The highest BCUT2D eigenvalue weighted by molar-refractivity contribution is 5.74. The van der Waals surface area contributed by atoms with Gasteiger partial charge < -0.3 is 15.4 Å². The Morgan fingerprint density at radius 2 is 2.00 bits per heavy atom. The van der Waals surface area contributed by atoms with Crippen LogP contribution in [0.1, 0.15) is 20.8 Å². The molecule has 78 valence electrons. The molecule has 0 radical (unpaired) electrons. The third kappa shape index (κ3) is 5.60. The summed E-state index contributed by atoms with van der Waals surface area (Å²) in [5.41, 5.74) is 5.33. The molecule has 4 heteroatoms. The van der Waals surface area contributed by atoms with Crippen molar-refractivity contribution < 1.29 is 9.53 Å². The monoisotopic (exact) mass is 188 g/mol. The average molecular weight is 188 g/mol. The Bertz CT molecular complexity index is 145. The highest BCUT2D eigenvalue weighted by atomic mass is 16.5. The number of ether oxygens (including phenoxy) is 1. The number of esters is 1. The number of nitrogens with two attached hydrogens (primary N) is 1. The van der Waals surface area contributed by atoms with Crippen molar-refractivity contribution >= 4 is 5.97 Å². The number of carbonyl (C=O) groups is 1. The molecule has 0 unspecified atom stereocenters. The summed E-state index contributed by atoms with van der Waals surface area (Å²) < 4.78 is 4.93. The van der Waals surface area contributed by atoms with E-state index in [1.165, 1.54) is 0 Å². The molecule has 4 nitrogen and oxygen atoms in total. The average Bonchev–Trinajstić information content (AvgIpc) is 2.12. The lowest BCUT2D eigenvalue weighted by Crippen LogP contribution is -2.32. The number of rotatable bonds is 6. The Balaban J connectivity index is 3.49. The topological polar surface area (TPSA) is 55.6 Å². The summed E-state index contributed by atoms with van der Waals surface area (Å²) in [5.74, 6) is -0.327. The van der Waals surface area contributed by atoms with Crippen LogP contribution >= 0.6 is 0 Å². The lowest BCUT2D eigenvalue weighted by molar-refractivity contribution is -0.145. The van der Waals surface area contributed by atoms with Crippen molar-refractivity contribution in [3.8, 4) is 0 Å². The third-order valence-electron chi connectivity index (χ3n) is 1.92. The Kier molecular flexibility index (Phi) is 6.54. The SMILES string of the molecule is CCN(CC)CCOC(=O)[C@H](C)N. The van der Waals surface area contributed by atoms with Gasteiger partial charge in [-0.15, -0.1) is 0 Å². The van der Waals surface area contributed by atoms with Crippen LogP contribution in [0.5, 0.6) is 0 Å². The smallest absolute Gasteiger partial charge is 0.322 e. The third-order valence-corrected chi connectivity index (χ3v) is 1.92. The Hall–Kier alpha value is -0.610. The molecule has 1 atom stereocenters. The van der Waals surface area contributed by atoms with Gasteiger partial charge in [0, 0.05) is 6.54 Å². The fourth-order valence-corrected chi connectivity index (χ4v) is 0.947. The van der Waals surface area contributed by atoms with E-state index in [1.807, 2.05) is 0 Å². The second-order valence-corrected chi connectivity index (χ2v) is 2.98. The zero-order valence-corrected chi connectivity index (χ0v) is 8.75. The Morgan fingerprint density at radius 1 is 1.46 bits per heavy atom. The van der Waals surface area contributed by atoms with Crippen molar-refractivity contribution in [2.45, 2.75) is 26.8 Å². The first kappa shape index (κ1) is 12.4. The molecule has 0 bridgehead atoms. The number of hydrogen-bond acceptors (Lipinski definition) is 4. The van der Waals surface area contributed by atoms with Crippen LogP contribution in [0.2, 0.25) is 0 Å². The van der Waals surface area contributed by atoms with Crippen molar-refractivity contribution in [1.82, 2.24) is 4.90 Å². The van der Waals surface area contributed by atoms with E-state index in [9.17, 15) is 4.79 Å². The summed E-state index contributed by atoms with van der Waals surface area (Å²) in [4.78, 5) is 13.1. The van der Waals surface area contributed by atoms with Crippen molar-refractivity contribution in [3.05, 3.63) is 0 Å². The summed E-state index contributed by atoms with van der Waals surface area (Å²) >= 11 is 0. The van der Waals surface area contributed by atoms with Crippen LogP contribution in [-0.4, -0.2) is 43.2 Å². The number of hydrogen-bond donors (Lipinski definition) is 1. The Labute approximate surface area is 80.0 Å². The molecule has 0 aliphatic carbocycles. The maximum absolute atomic E-state index is 10.9. The van der Waals surface area contributed by atoms with Gasteiger partial charge in [0.2, 0.25) is 0 Å². The molecule has 0 saturated heterocycles. The molecule has 2 N–H and O–H groups in total. The second-order valence-electron chi connectivity index (χ2n) is 2.98. The zero-order valence-electron chi connectivity index (χ0n) is 8.75. The summed E-state index contributed by atoms with van der Waals surface area (Å²) in [5, 5.41) is 0. The molecular formula is C9H20N2O2. The minimum atomic E-state index is -0.517. The van der Waals surface area contributed by atoms with E-state index < -0.39 is 6.04 Å². The number of nitrogens with zero attached hydrogens (tertiary/aromatic N) is 1. The molecule has 0 aromatic rings. The van der Waals surface area contributed by atoms with E-state index >= 15 is 0 Å². The molecular weight excluding hydrogens is 168 g/mol. The van der Waals surface area contributed by atoms with Crippen molar-refractivity contribution in [2.24, 2.45) is 5.73 Å². The normalized spacial score (nSPS) is 13.0. The second kappa shape index (κ2) is 6.86. The lowest BCUT2D eigenvalue weighted by Gasteiger charge is -2.17. The first-order valence-corrected chi connectivity index (χ1v) is 4.76. The summed E-state index contributed by atoms with van der Waals surface area (Å²) in [6, 6.07) is -0.517. The summed E-state index contributed by atoms with van der Waals surface area (Å²) in [6.07, 6.45) is 0. The van der Waals surface area contributed by atoms with Gasteiger partial charge in [0.25, 0.3) is 0 Å². The predicted molar refractivity (Wildman–Crippen MR) is 52.4 cm³/mol.